The van der Waals surface area contributed by atoms with Gasteiger partial charge in [0, 0.05) is 11.1 Å². The summed E-state index contributed by atoms with van der Waals surface area (Å²) in [6.45, 7) is 0. The normalized spacial score (nSPS) is 11.3. The van der Waals surface area contributed by atoms with Gasteiger partial charge in [0.1, 0.15) is 0 Å². The third-order valence-corrected chi connectivity index (χ3v) is 5.64. The maximum absolute atomic E-state index is 3.41. The average Bonchev–Trinajstić information content (AvgIpc) is 2.77. The van der Waals surface area contributed by atoms with Crippen molar-refractivity contribution < 1.29 is 0 Å². The van der Waals surface area contributed by atoms with E-state index in [1.165, 1.54) is 43.1 Å². The predicted molar refractivity (Wildman–Crippen MR) is 120 cm³/mol. The molecule has 0 saturated heterocycles. The van der Waals surface area contributed by atoms with Gasteiger partial charge in [-0.2, -0.15) is 0 Å². The van der Waals surface area contributed by atoms with Gasteiger partial charge in [0.2, 0.25) is 0 Å². The highest BCUT2D eigenvalue weighted by Gasteiger charge is 2.13. The number of fused-ring (bicyclic) bond motifs is 2. The predicted octanol–water partition coefficient (Wildman–Crippen LogP) is 7.14. The second kappa shape index (κ2) is 5.84. The zero-order valence-electron chi connectivity index (χ0n) is 15.2. The Hall–Kier alpha value is -3.82. The molecule has 0 aliphatic rings. The van der Waals surface area contributed by atoms with Crippen molar-refractivity contribution in [1.29, 1.82) is 0 Å². The Bertz CT molecular complexity index is 1490. The Morgan fingerprint density at radius 2 is 1.00 bits per heavy atom. The first-order chi connectivity index (χ1) is 13.9. The number of rotatable bonds is 0. The van der Waals surface area contributed by atoms with Crippen LogP contribution in [0.4, 0.5) is 0 Å². The molecule has 0 spiro atoms. The SMILES string of the molecule is C(#Cc1ccc2c3cccc4cccc(c5cccc1c52)c43)c1ccccc1. The topological polar surface area (TPSA) is 0 Å². The number of hydrogen-bond donors (Lipinski definition) is 0. The van der Waals surface area contributed by atoms with Crippen LogP contribution in [0.25, 0.3) is 43.1 Å². The second-order valence-corrected chi connectivity index (χ2v) is 7.21. The van der Waals surface area contributed by atoms with Gasteiger partial charge >= 0.3 is 0 Å². The molecule has 128 valence electrons. The lowest BCUT2D eigenvalue weighted by Gasteiger charge is -2.14. The van der Waals surface area contributed by atoms with Crippen molar-refractivity contribution in [2.45, 2.75) is 0 Å². The largest absolute Gasteiger partial charge is 0.0622 e. The maximum Gasteiger partial charge on any atom is 0.0328 e. The number of hydrogen-bond acceptors (Lipinski definition) is 0. The van der Waals surface area contributed by atoms with Gasteiger partial charge in [0.05, 0.1) is 0 Å². The van der Waals surface area contributed by atoms with E-state index in [1.54, 1.807) is 0 Å². The van der Waals surface area contributed by atoms with Crippen molar-refractivity contribution in [1.82, 2.24) is 0 Å². The Morgan fingerprint density at radius 3 is 1.75 bits per heavy atom. The highest BCUT2D eigenvalue weighted by molar-refractivity contribution is 6.33. The summed E-state index contributed by atoms with van der Waals surface area (Å²) in [7, 11) is 0. The molecule has 0 atom stereocenters. The summed E-state index contributed by atoms with van der Waals surface area (Å²) in [6, 6.07) is 34.4. The molecule has 6 aromatic rings. The number of benzene rings is 6. The molecule has 0 aliphatic carbocycles. The van der Waals surface area contributed by atoms with Gasteiger partial charge in [-0.3, -0.25) is 0 Å². The zero-order chi connectivity index (χ0) is 18.5. The Balaban J connectivity index is 1.75. The first-order valence-corrected chi connectivity index (χ1v) is 9.55. The zero-order valence-corrected chi connectivity index (χ0v) is 15.2. The molecule has 6 aromatic carbocycles. The summed E-state index contributed by atoms with van der Waals surface area (Å²) in [5.74, 6) is 6.72. The molecule has 0 amide bonds. The average molecular weight is 352 g/mol. The quantitative estimate of drug-likeness (QED) is 0.155. The molecular formula is C28H16. The lowest BCUT2D eigenvalue weighted by Crippen LogP contribution is -1.88. The van der Waals surface area contributed by atoms with Crippen LogP contribution in [-0.2, 0) is 0 Å². The molecule has 0 bridgehead atoms. The van der Waals surface area contributed by atoms with E-state index in [1.807, 2.05) is 18.2 Å². The lowest BCUT2D eigenvalue weighted by atomic mass is 9.88. The monoisotopic (exact) mass is 352 g/mol. The van der Waals surface area contributed by atoms with E-state index in [-0.39, 0.29) is 0 Å². The third kappa shape index (κ3) is 2.14. The van der Waals surface area contributed by atoms with E-state index in [2.05, 4.69) is 90.7 Å². The van der Waals surface area contributed by atoms with Crippen LogP contribution in [0.1, 0.15) is 11.1 Å². The molecule has 0 fully saturated rings. The summed E-state index contributed by atoms with van der Waals surface area (Å²) in [6.07, 6.45) is 0. The van der Waals surface area contributed by atoms with Crippen LogP contribution in [0.15, 0.2) is 97.1 Å². The minimum Gasteiger partial charge on any atom is -0.0622 e. The Morgan fingerprint density at radius 1 is 0.393 bits per heavy atom. The van der Waals surface area contributed by atoms with Crippen molar-refractivity contribution >= 4 is 43.1 Å². The van der Waals surface area contributed by atoms with Crippen molar-refractivity contribution in [3.05, 3.63) is 108 Å². The van der Waals surface area contributed by atoms with E-state index in [0.29, 0.717) is 0 Å². The van der Waals surface area contributed by atoms with Gasteiger partial charge in [-0.1, -0.05) is 90.7 Å². The molecule has 6 rings (SSSR count). The van der Waals surface area contributed by atoms with Crippen molar-refractivity contribution in [2.24, 2.45) is 0 Å². The first-order valence-electron chi connectivity index (χ1n) is 9.55. The summed E-state index contributed by atoms with van der Waals surface area (Å²) in [5.41, 5.74) is 2.12. The molecule has 0 nitrogen and oxygen atoms in total. The first kappa shape index (κ1) is 15.3. The van der Waals surface area contributed by atoms with Gasteiger partial charge in [0.15, 0.2) is 0 Å². The van der Waals surface area contributed by atoms with Gasteiger partial charge in [-0.15, -0.1) is 0 Å². The molecule has 0 saturated carbocycles. The van der Waals surface area contributed by atoms with E-state index < -0.39 is 0 Å². The smallest absolute Gasteiger partial charge is 0.0328 e. The molecule has 28 heavy (non-hydrogen) atoms. The van der Waals surface area contributed by atoms with Gasteiger partial charge in [-0.05, 0) is 61.3 Å². The molecule has 0 radical (unpaired) electrons. The van der Waals surface area contributed by atoms with E-state index in [0.717, 1.165) is 11.1 Å². The fourth-order valence-electron chi connectivity index (χ4n) is 4.42. The summed E-state index contributed by atoms with van der Waals surface area (Å²) in [4.78, 5) is 0. The molecule has 0 heterocycles. The van der Waals surface area contributed by atoms with Crippen molar-refractivity contribution in [3.63, 3.8) is 0 Å². The van der Waals surface area contributed by atoms with Crippen LogP contribution in [0.2, 0.25) is 0 Å². The van der Waals surface area contributed by atoms with Crippen molar-refractivity contribution in [3.8, 4) is 11.8 Å². The highest BCUT2D eigenvalue weighted by atomic mass is 14.2. The summed E-state index contributed by atoms with van der Waals surface area (Å²) < 4.78 is 0. The van der Waals surface area contributed by atoms with E-state index in [9.17, 15) is 0 Å². The van der Waals surface area contributed by atoms with E-state index >= 15 is 0 Å². The minimum atomic E-state index is 1.04. The van der Waals surface area contributed by atoms with Crippen LogP contribution >= 0.6 is 0 Å². The lowest BCUT2D eigenvalue weighted by molar-refractivity contribution is 1.64. The fourth-order valence-corrected chi connectivity index (χ4v) is 4.42. The summed E-state index contributed by atoms with van der Waals surface area (Å²) >= 11 is 0. The second-order valence-electron chi connectivity index (χ2n) is 7.21. The van der Waals surface area contributed by atoms with E-state index in [4.69, 9.17) is 0 Å². The van der Waals surface area contributed by atoms with Crippen LogP contribution in [0.3, 0.4) is 0 Å². The molecule has 0 heteroatoms. The summed E-state index contributed by atoms with van der Waals surface area (Å²) in [5, 5.41) is 10.4. The fraction of sp³-hybridized carbons (Fsp3) is 0. The van der Waals surface area contributed by atoms with Crippen LogP contribution in [0.5, 0.6) is 0 Å². The van der Waals surface area contributed by atoms with Crippen LogP contribution in [0, 0.1) is 11.8 Å². The molecule has 0 aromatic heterocycles. The molecule has 0 aliphatic heterocycles. The van der Waals surface area contributed by atoms with Gasteiger partial charge in [0.25, 0.3) is 0 Å². The Labute approximate surface area is 163 Å². The van der Waals surface area contributed by atoms with Crippen LogP contribution in [-0.4, -0.2) is 0 Å². The minimum absolute atomic E-state index is 1.04. The highest BCUT2D eigenvalue weighted by Crippen LogP contribution is 2.40. The van der Waals surface area contributed by atoms with Crippen LogP contribution < -0.4 is 0 Å². The van der Waals surface area contributed by atoms with Gasteiger partial charge < -0.3 is 0 Å². The Kier molecular flexibility index (Phi) is 3.18. The molecular weight excluding hydrogens is 336 g/mol. The standard InChI is InChI=1S/C28H16/c1-2-7-19(8-3-1)15-16-20-17-18-26-24-13-5-10-21-9-4-12-23(27(21)24)25-14-6-11-22(20)28(25)26/h1-14,17-18H. The molecule has 0 unspecified atom stereocenters. The maximum atomic E-state index is 3.41. The third-order valence-electron chi connectivity index (χ3n) is 5.64. The van der Waals surface area contributed by atoms with Crippen molar-refractivity contribution in [2.75, 3.05) is 0 Å². The van der Waals surface area contributed by atoms with Gasteiger partial charge in [-0.25, -0.2) is 0 Å². The molecule has 0 N–H and O–H groups in total.